The van der Waals surface area contributed by atoms with Crippen molar-refractivity contribution in [1.82, 2.24) is 4.90 Å². The second-order valence-electron chi connectivity index (χ2n) is 4.78. The van der Waals surface area contributed by atoms with Gasteiger partial charge in [-0.25, -0.2) is 8.42 Å². The van der Waals surface area contributed by atoms with Crippen molar-refractivity contribution in [2.24, 2.45) is 11.7 Å². The zero-order chi connectivity index (χ0) is 13.9. The second-order valence-corrected chi connectivity index (χ2v) is 8.38. The fraction of sp³-hybridized carbons (Fsp3) is 0.909. The topological polar surface area (TPSA) is 80.5 Å². The zero-order valence-electron chi connectivity index (χ0n) is 11.1. The van der Waals surface area contributed by atoms with E-state index in [1.54, 1.807) is 18.7 Å². The minimum absolute atomic E-state index is 0.0112. The summed E-state index contributed by atoms with van der Waals surface area (Å²) in [4.78, 5) is 13.7. The maximum atomic E-state index is 12.2. The molecule has 0 bridgehead atoms. The van der Waals surface area contributed by atoms with Crippen LogP contribution in [0.4, 0.5) is 0 Å². The molecule has 2 atom stereocenters. The molecule has 1 amide bonds. The fourth-order valence-electron chi connectivity index (χ4n) is 1.80. The van der Waals surface area contributed by atoms with Gasteiger partial charge in [-0.05, 0) is 5.92 Å². The molecule has 0 aromatic rings. The lowest BCUT2D eigenvalue weighted by Crippen LogP contribution is -2.56. The van der Waals surface area contributed by atoms with Crippen LogP contribution in [-0.4, -0.2) is 54.4 Å². The van der Waals surface area contributed by atoms with Gasteiger partial charge in [-0.2, -0.15) is 11.8 Å². The van der Waals surface area contributed by atoms with Crippen molar-refractivity contribution in [3.8, 4) is 0 Å². The van der Waals surface area contributed by atoms with Crippen LogP contribution in [0.3, 0.4) is 0 Å². The van der Waals surface area contributed by atoms with Crippen molar-refractivity contribution < 1.29 is 13.2 Å². The molecule has 1 fully saturated rings. The van der Waals surface area contributed by atoms with Gasteiger partial charge in [0.1, 0.15) is 5.37 Å². The van der Waals surface area contributed by atoms with Crippen molar-refractivity contribution in [1.29, 1.82) is 0 Å². The van der Waals surface area contributed by atoms with Gasteiger partial charge in [-0.3, -0.25) is 4.79 Å². The molecule has 0 aromatic heterocycles. The number of carbonyl (C=O) groups excluding carboxylic acids is 1. The average Bonchev–Trinajstić information content (AvgIpc) is 2.36. The van der Waals surface area contributed by atoms with Crippen molar-refractivity contribution in [2.75, 3.05) is 23.8 Å². The van der Waals surface area contributed by atoms with Gasteiger partial charge in [0.05, 0.1) is 6.04 Å². The van der Waals surface area contributed by atoms with Crippen molar-refractivity contribution in [3.05, 3.63) is 0 Å². The highest BCUT2D eigenvalue weighted by Crippen LogP contribution is 2.22. The van der Waals surface area contributed by atoms with Gasteiger partial charge in [0.15, 0.2) is 9.84 Å². The van der Waals surface area contributed by atoms with E-state index < -0.39 is 21.3 Å². The molecule has 1 heterocycles. The normalized spacial score (nSPS) is 23.2. The molecule has 0 spiro atoms. The van der Waals surface area contributed by atoms with Crippen LogP contribution in [0.5, 0.6) is 0 Å². The third kappa shape index (κ3) is 3.39. The molecule has 0 aliphatic carbocycles. The highest BCUT2D eigenvalue weighted by Gasteiger charge is 2.37. The molecule has 0 radical (unpaired) electrons. The smallest absolute Gasteiger partial charge is 0.240 e. The summed E-state index contributed by atoms with van der Waals surface area (Å²) in [6.07, 6.45) is 0. The van der Waals surface area contributed by atoms with Gasteiger partial charge in [0.25, 0.3) is 0 Å². The summed E-state index contributed by atoms with van der Waals surface area (Å²) in [6, 6.07) is -0.623. The molecule has 1 unspecified atom stereocenters. The standard InChI is InChI=1S/C11H22N2O3S2/c1-4-18(15,16)9-7-17-6-5-13(9)11(14)10(12)8(2)3/h8-10H,4-7,12H2,1-3H3/t9?,10-/m1/s1. The second kappa shape index (κ2) is 6.25. The first-order chi connectivity index (χ1) is 8.31. The van der Waals surface area contributed by atoms with Gasteiger partial charge < -0.3 is 10.6 Å². The maximum Gasteiger partial charge on any atom is 0.240 e. The number of amides is 1. The van der Waals surface area contributed by atoms with E-state index in [4.69, 9.17) is 5.73 Å². The minimum atomic E-state index is -3.25. The molecule has 5 nitrogen and oxygen atoms in total. The molecular weight excluding hydrogens is 272 g/mol. The Hall–Kier alpha value is -0.270. The quantitative estimate of drug-likeness (QED) is 0.807. The molecule has 106 valence electrons. The predicted molar refractivity (Wildman–Crippen MR) is 75.1 cm³/mol. The molecule has 0 aromatic carbocycles. The number of carbonyl (C=O) groups is 1. The Morgan fingerprint density at radius 3 is 2.61 bits per heavy atom. The molecule has 18 heavy (non-hydrogen) atoms. The number of hydrogen-bond acceptors (Lipinski definition) is 5. The van der Waals surface area contributed by atoms with E-state index in [9.17, 15) is 13.2 Å². The third-order valence-electron chi connectivity index (χ3n) is 3.19. The zero-order valence-corrected chi connectivity index (χ0v) is 12.8. The van der Waals surface area contributed by atoms with E-state index in [-0.39, 0.29) is 17.6 Å². The summed E-state index contributed by atoms with van der Waals surface area (Å²) in [5.41, 5.74) is 5.84. The summed E-state index contributed by atoms with van der Waals surface area (Å²) in [7, 11) is -3.25. The Balaban J connectivity index is 2.93. The van der Waals surface area contributed by atoms with Crippen LogP contribution in [0.2, 0.25) is 0 Å². The predicted octanol–water partition coefficient (Wildman–Crippen LogP) is 0.306. The monoisotopic (exact) mass is 294 g/mol. The highest BCUT2D eigenvalue weighted by atomic mass is 32.2. The van der Waals surface area contributed by atoms with Crippen LogP contribution in [0.15, 0.2) is 0 Å². The summed E-state index contributed by atoms with van der Waals surface area (Å²) < 4.78 is 24.0. The van der Waals surface area contributed by atoms with E-state index in [0.29, 0.717) is 12.3 Å². The number of hydrogen-bond donors (Lipinski definition) is 1. The first kappa shape index (κ1) is 15.8. The Bertz CT molecular complexity index is 395. The SMILES string of the molecule is CCS(=O)(=O)C1CSCCN1C(=O)[C@H](N)C(C)C. The highest BCUT2D eigenvalue weighted by molar-refractivity contribution is 8.01. The maximum absolute atomic E-state index is 12.2. The molecular formula is C11H22N2O3S2. The lowest BCUT2D eigenvalue weighted by Gasteiger charge is -2.36. The van der Waals surface area contributed by atoms with Crippen LogP contribution < -0.4 is 5.73 Å². The first-order valence-corrected chi connectivity index (χ1v) is 9.03. The van der Waals surface area contributed by atoms with E-state index in [2.05, 4.69) is 0 Å². The van der Waals surface area contributed by atoms with Gasteiger partial charge in [0, 0.05) is 23.8 Å². The lowest BCUT2D eigenvalue weighted by atomic mass is 10.0. The van der Waals surface area contributed by atoms with E-state index >= 15 is 0 Å². The van der Waals surface area contributed by atoms with Crippen LogP contribution in [-0.2, 0) is 14.6 Å². The van der Waals surface area contributed by atoms with Crippen LogP contribution in [0.25, 0.3) is 0 Å². The number of sulfone groups is 1. The third-order valence-corrected chi connectivity index (χ3v) is 6.48. The molecule has 7 heteroatoms. The molecule has 0 saturated carbocycles. The Morgan fingerprint density at radius 2 is 2.11 bits per heavy atom. The summed E-state index contributed by atoms with van der Waals surface area (Å²) >= 11 is 1.57. The number of nitrogens with zero attached hydrogens (tertiary/aromatic N) is 1. The van der Waals surface area contributed by atoms with Crippen molar-refractivity contribution >= 4 is 27.5 Å². The van der Waals surface area contributed by atoms with Crippen molar-refractivity contribution in [3.63, 3.8) is 0 Å². The van der Waals surface area contributed by atoms with Gasteiger partial charge in [0.2, 0.25) is 5.91 Å². The molecule has 1 rings (SSSR count). The average molecular weight is 294 g/mol. The van der Waals surface area contributed by atoms with Gasteiger partial charge in [-0.15, -0.1) is 0 Å². The minimum Gasteiger partial charge on any atom is -0.323 e. The Labute approximate surface area is 113 Å². The number of rotatable bonds is 4. The van der Waals surface area contributed by atoms with Gasteiger partial charge >= 0.3 is 0 Å². The Morgan fingerprint density at radius 1 is 1.50 bits per heavy atom. The van der Waals surface area contributed by atoms with Crippen LogP contribution in [0, 0.1) is 5.92 Å². The lowest BCUT2D eigenvalue weighted by molar-refractivity contribution is -0.133. The largest absolute Gasteiger partial charge is 0.323 e. The van der Waals surface area contributed by atoms with E-state index in [1.807, 2.05) is 13.8 Å². The van der Waals surface area contributed by atoms with Crippen LogP contribution in [0.1, 0.15) is 20.8 Å². The van der Waals surface area contributed by atoms with Crippen molar-refractivity contribution in [2.45, 2.75) is 32.2 Å². The first-order valence-electron chi connectivity index (χ1n) is 6.16. The number of thioether (sulfide) groups is 1. The van der Waals surface area contributed by atoms with Crippen LogP contribution >= 0.6 is 11.8 Å². The summed E-state index contributed by atoms with van der Waals surface area (Å²) in [5, 5.41) is -0.710. The van der Waals surface area contributed by atoms with E-state index in [1.165, 1.54) is 4.90 Å². The molecule has 1 aliphatic rings. The fourth-order valence-corrected chi connectivity index (χ4v) is 4.77. The Kier molecular flexibility index (Phi) is 5.48. The molecule has 1 aliphatic heterocycles. The number of nitrogens with two attached hydrogens (primary N) is 1. The molecule has 1 saturated heterocycles. The summed E-state index contributed by atoms with van der Waals surface area (Å²) in [5.74, 6) is 1.04. The molecule has 2 N–H and O–H groups in total. The van der Waals surface area contributed by atoms with Gasteiger partial charge in [-0.1, -0.05) is 20.8 Å². The summed E-state index contributed by atoms with van der Waals surface area (Å²) in [6.45, 7) is 5.81. The van der Waals surface area contributed by atoms with E-state index in [0.717, 1.165) is 5.75 Å².